The minimum atomic E-state index is -3.67. The van der Waals surface area contributed by atoms with Crippen LogP contribution >= 0.6 is 0 Å². The molecule has 1 atom stereocenters. The van der Waals surface area contributed by atoms with E-state index in [0.717, 1.165) is 16.9 Å². The summed E-state index contributed by atoms with van der Waals surface area (Å²) in [5.41, 5.74) is 8.39. The van der Waals surface area contributed by atoms with Gasteiger partial charge in [-0.25, -0.2) is 8.42 Å². The van der Waals surface area contributed by atoms with E-state index in [4.69, 9.17) is 21.0 Å². The first kappa shape index (κ1) is 23.3. The highest BCUT2D eigenvalue weighted by Crippen LogP contribution is 2.44. The molecule has 29 heavy (non-hydrogen) atoms. The predicted molar refractivity (Wildman–Crippen MR) is 113 cm³/mol. The smallest absolute Gasteiger partial charge is 0.320 e. The van der Waals surface area contributed by atoms with Crippen LogP contribution in [0.15, 0.2) is 4.90 Å². The molecule has 2 rings (SSSR count). The first-order valence-electron chi connectivity index (χ1n) is 9.86. The van der Waals surface area contributed by atoms with Crippen molar-refractivity contribution in [1.29, 1.82) is 5.41 Å². The van der Waals surface area contributed by atoms with Crippen LogP contribution < -0.4 is 10.5 Å². The lowest BCUT2D eigenvalue weighted by atomic mass is 9.94. The SMILES string of the molecule is Cc1c(C)c(S(=O)(=O)CC(=N)CCCC[C@H](N)C(=O)O)c(C)c2c1OC(C)(C)C2. The van der Waals surface area contributed by atoms with E-state index in [1.807, 2.05) is 27.7 Å². The van der Waals surface area contributed by atoms with E-state index in [9.17, 15) is 13.2 Å². The number of aliphatic carboxylic acids is 1. The lowest BCUT2D eigenvalue weighted by molar-refractivity contribution is -0.138. The molecule has 0 amide bonds. The average Bonchev–Trinajstić information content (AvgIpc) is 2.92. The third kappa shape index (κ3) is 5.17. The molecule has 1 aliphatic heterocycles. The minimum absolute atomic E-state index is 0.127. The molecule has 0 aromatic heterocycles. The zero-order valence-electron chi connectivity index (χ0n) is 17.9. The van der Waals surface area contributed by atoms with Gasteiger partial charge in [0.05, 0.1) is 10.6 Å². The number of ether oxygens (including phenoxy) is 1. The summed E-state index contributed by atoms with van der Waals surface area (Å²) in [4.78, 5) is 11.0. The van der Waals surface area contributed by atoms with Crippen LogP contribution in [0.5, 0.6) is 5.75 Å². The number of carboxylic acids is 1. The van der Waals surface area contributed by atoms with E-state index in [1.54, 1.807) is 6.92 Å². The first-order valence-corrected chi connectivity index (χ1v) is 11.5. The topological polar surface area (TPSA) is 131 Å². The van der Waals surface area contributed by atoms with Gasteiger partial charge in [0.1, 0.15) is 17.4 Å². The van der Waals surface area contributed by atoms with Crippen LogP contribution in [-0.2, 0) is 21.1 Å². The van der Waals surface area contributed by atoms with Crippen LogP contribution in [0.2, 0.25) is 0 Å². The van der Waals surface area contributed by atoms with E-state index in [-0.39, 0.29) is 17.1 Å². The highest BCUT2D eigenvalue weighted by molar-refractivity contribution is 7.92. The normalized spacial score (nSPS) is 16.2. The summed E-state index contributed by atoms with van der Waals surface area (Å²) >= 11 is 0. The fraction of sp³-hybridized carbons (Fsp3) is 0.619. The Labute approximate surface area is 173 Å². The van der Waals surface area contributed by atoms with Crippen molar-refractivity contribution in [1.82, 2.24) is 0 Å². The highest BCUT2D eigenvalue weighted by Gasteiger charge is 2.36. The number of nitrogens with two attached hydrogens (primary N) is 1. The molecule has 1 aliphatic rings. The van der Waals surface area contributed by atoms with Gasteiger partial charge in [0.15, 0.2) is 9.84 Å². The number of benzene rings is 1. The van der Waals surface area contributed by atoms with E-state index in [2.05, 4.69) is 0 Å². The Hall–Kier alpha value is -1.93. The van der Waals surface area contributed by atoms with Gasteiger partial charge in [-0.3, -0.25) is 4.79 Å². The Kier molecular flexibility index (Phi) is 6.79. The first-order chi connectivity index (χ1) is 13.3. The summed E-state index contributed by atoms with van der Waals surface area (Å²) in [6.07, 6.45) is 2.35. The Bertz CT molecular complexity index is 935. The Morgan fingerprint density at radius 3 is 2.41 bits per heavy atom. The zero-order valence-corrected chi connectivity index (χ0v) is 18.7. The maximum Gasteiger partial charge on any atom is 0.320 e. The molecule has 4 N–H and O–H groups in total. The van der Waals surface area contributed by atoms with Gasteiger partial charge in [0, 0.05) is 17.7 Å². The molecule has 7 nitrogen and oxygen atoms in total. The number of fused-ring (bicyclic) bond motifs is 1. The van der Waals surface area contributed by atoms with E-state index in [0.29, 0.717) is 48.1 Å². The number of nitrogens with one attached hydrogen (secondary N) is 1. The van der Waals surface area contributed by atoms with Crippen molar-refractivity contribution in [3.8, 4) is 5.75 Å². The number of hydrogen-bond acceptors (Lipinski definition) is 6. The maximum absolute atomic E-state index is 13.1. The highest BCUT2D eigenvalue weighted by atomic mass is 32.2. The minimum Gasteiger partial charge on any atom is -0.487 e. The van der Waals surface area contributed by atoms with Crippen LogP contribution in [0.4, 0.5) is 0 Å². The number of hydrogen-bond donors (Lipinski definition) is 3. The fourth-order valence-electron chi connectivity index (χ4n) is 3.91. The largest absolute Gasteiger partial charge is 0.487 e. The summed E-state index contributed by atoms with van der Waals surface area (Å²) in [5.74, 6) is -0.594. The molecule has 0 saturated carbocycles. The van der Waals surface area contributed by atoms with Crippen molar-refractivity contribution < 1.29 is 23.1 Å². The summed E-state index contributed by atoms with van der Waals surface area (Å²) < 4.78 is 32.3. The second kappa shape index (κ2) is 8.44. The van der Waals surface area contributed by atoms with Crippen LogP contribution in [0.25, 0.3) is 0 Å². The number of sulfone groups is 1. The lowest BCUT2D eigenvalue weighted by Gasteiger charge is -2.19. The quantitative estimate of drug-likeness (QED) is 0.412. The van der Waals surface area contributed by atoms with E-state index in [1.165, 1.54) is 0 Å². The maximum atomic E-state index is 13.1. The van der Waals surface area contributed by atoms with Gasteiger partial charge >= 0.3 is 5.97 Å². The molecule has 8 heteroatoms. The number of carboxylic acid groups (broad SMARTS) is 1. The van der Waals surface area contributed by atoms with Crippen LogP contribution in [0.1, 0.15) is 61.8 Å². The van der Waals surface area contributed by atoms with Crippen molar-refractivity contribution >= 4 is 21.5 Å². The van der Waals surface area contributed by atoms with E-state index >= 15 is 0 Å². The van der Waals surface area contributed by atoms with Gasteiger partial charge in [0.2, 0.25) is 0 Å². The Balaban J connectivity index is 2.15. The van der Waals surface area contributed by atoms with Gasteiger partial charge in [0.25, 0.3) is 0 Å². The van der Waals surface area contributed by atoms with E-state index < -0.39 is 21.8 Å². The molecule has 0 aliphatic carbocycles. The summed E-state index contributed by atoms with van der Waals surface area (Å²) in [6.45, 7) is 9.47. The van der Waals surface area contributed by atoms with Crippen LogP contribution in [0.3, 0.4) is 0 Å². The molecule has 0 unspecified atom stereocenters. The third-order valence-electron chi connectivity index (χ3n) is 5.53. The van der Waals surface area contributed by atoms with Gasteiger partial charge in [-0.05, 0) is 70.6 Å². The summed E-state index contributed by atoms with van der Waals surface area (Å²) in [7, 11) is -3.67. The molecular weight excluding hydrogens is 392 g/mol. The molecule has 0 bridgehead atoms. The van der Waals surface area contributed by atoms with Gasteiger partial charge in [-0.1, -0.05) is 6.42 Å². The third-order valence-corrected chi connectivity index (χ3v) is 7.49. The van der Waals surface area contributed by atoms with Gasteiger partial charge in [-0.15, -0.1) is 0 Å². The second-order valence-electron chi connectivity index (χ2n) is 8.60. The molecule has 162 valence electrons. The zero-order chi connectivity index (χ0) is 22.1. The fourth-order valence-corrected chi connectivity index (χ4v) is 5.87. The van der Waals surface area contributed by atoms with Crippen LogP contribution in [-0.4, -0.2) is 42.6 Å². The van der Waals surface area contributed by atoms with Crippen molar-refractivity contribution in [3.05, 3.63) is 22.3 Å². The predicted octanol–water partition coefficient (Wildman–Crippen LogP) is 3.09. The standard InChI is InChI=1S/C21H32N2O5S/c1-12-13(2)19(14(3)16-10-21(4,5)28-18(12)16)29(26,27)11-15(22)8-6-7-9-17(23)20(24)25/h17,22H,6-11,23H2,1-5H3,(H,24,25)/t17-/m0/s1. The van der Waals surface area contributed by atoms with Crippen molar-refractivity contribution in [3.63, 3.8) is 0 Å². The molecule has 0 saturated heterocycles. The monoisotopic (exact) mass is 424 g/mol. The molecule has 0 radical (unpaired) electrons. The summed E-state index contributed by atoms with van der Waals surface area (Å²) in [5, 5.41) is 16.9. The van der Waals surface area contributed by atoms with Crippen molar-refractivity contribution in [2.24, 2.45) is 5.73 Å². The molecule has 0 spiro atoms. The van der Waals surface area contributed by atoms with Crippen molar-refractivity contribution in [2.75, 3.05) is 5.75 Å². The molecular formula is C21H32N2O5S. The second-order valence-corrected chi connectivity index (χ2v) is 10.5. The molecule has 1 aromatic carbocycles. The van der Waals surface area contributed by atoms with Crippen molar-refractivity contribution in [2.45, 2.75) is 83.3 Å². The number of carbonyl (C=O) groups is 1. The molecule has 0 fully saturated rings. The Morgan fingerprint density at radius 1 is 1.21 bits per heavy atom. The molecule has 1 heterocycles. The van der Waals surface area contributed by atoms with Crippen LogP contribution in [0, 0.1) is 26.2 Å². The molecule has 1 aromatic rings. The Morgan fingerprint density at radius 2 is 1.83 bits per heavy atom. The average molecular weight is 425 g/mol. The van der Waals surface area contributed by atoms with Gasteiger partial charge < -0.3 is 21.0 Å². The number of unbranched alkanes of at least 4 members (excludes halogenated alkanes) is 1. The summed E-state index contributed by atoms with van der Waals surface area (Å²) in [6, 6.07) is -0.918. The van der Waals surface area contributed by atoms with Gasteiger partial charge in [-0.2, -0.15) is 0 Å². The number of rotatable bonds is 9. The lowest BCUT2D eigenvalue weighted by Crippen LogP contribution is -2.29.